The largest absolute Gasteiger partial charge is 0.483 e. The molecule has 31 heavy (non-hydrogen) atoms. The molecule has 3 aliphatic rings. The molecule has 166 valence electrons. The van der Waals surface area contributed by atoms with Crippen molar-refractivity contribution in [1.29, 1.82) is 0 Å². The molecule has 0 aliphatic carbocycles. The van der Waals surface area contributed by atoms with Gasteiger partial charge in [-0.05, 0) is 49.9 Å². The number of nitrogens with zero attached hydrogens (tertiary/aromatic N) is 1. The third-order valence-corrected chi connectivity index (χ3v) is 7.00. The summed E-state index contributed by atoms with van der Waals surface area (Å²) in [5, 5.41) is 9.96. The minimum absolute atomic E-state index is 0.0114. The van der Waals surface area contributed by atoms with Crippen LogP contribution in [0.25, 0.3) is 0 Å². The third-order valence-electron chi connectivity index (χ3n) is 7.00. The van der Waals surface area contributed by atoms with E-state index in [1.165, 1.54) is 23.0 Å². The van der Waals surface area contributed by atoms with Gasteiger partial charge in [0.05, 0.1) is 18.0 Å². The minimum Gasteiger partial charge on any atom is -0.483 e. The van der Waals surface area contributed by atoms with Crippen LogP contribution < -0.4 is 5.32 Å². The molecule has 4 heterocycles. The van der Waals surface area contributed by atoms with Crippen LogP contribution in [-0.4, -0.2) is 53.7 Å². The van der Waals surface area contributed by atoms with E-state index in [4.69, 9.17) is 19.1 Å². The van der Waals surface area contributed by atoms with Gasteiger partial charge in [-0.3, -0.25) is 14.5 Å². The number of carbonyl (C=O) groups is 2. The van der Waals surface area contributed by atoms with Crippen molar-refractivity contribution in [3.63, 3.8) is 0 Å². The zero-order valence-corrected chi connectivity index (χ0v) is 18.0. The number of amides is 1. The third kappa shape index (κ3) is 4.25. The highest BCUT2D eigenvalue weighted by Crippen LogP contribution is 2.54. The number of carboxylic acid groups (broad SMARTS) is 1. The average molecular weight is 427 g/mol. The van der Waals surface area contributed by atoms with Crippen LogP contribution in [0.4, 0.5) is 0 Å². The molecule has 3 aliphatic heterocycles. The highest BCUT2D eigenvalue weighted by Gasteiger charge is 2.62. The van der Waals surface area contributed by atoms with Gasteiger partial charge in [-0.15, -0.1) is 0 Å². The molecule has 0 saturated carbocycles. The van der Waals surface area contributed by atoms with E-state index in [1.54, 1.807) is 12.1 Å². The van der Waals surface area contributed by atoms with Gasteiger partial charge in [0.2, 0.25) is 0 Å². The van der Waals surface area contributed by atoms with Crippen molar-refractivity contribution in [3.8, 4) is 0 Å². The maximum absolute atomic E-state index is 12.3. The predicted molar refractivity (Wildman–Crippen MR) is 115 cm³/mol. The lowest BCUT2D eigenvalue weighted by molar-refractivity contribution is -0.122. The number of benzene rings is 1. The normalized spacial score (nSPS) is 28.6. The van der Waals surface area contributed by atoms with Gasteiger partial charge in [0.1, 0.15) is 0 Å². The van der Waals surface area contributed by atoms with Gasteiger partial charge < -0.3 is 19.6 Å². The van der Waals surface area contributed by atoms with Gasteiger partial charge in [0.25, 0.3) is 12.4 Å². The molecule has 3 fully saturated rings. The lowest BCUT2D eigenvalue weighted by atomic mass is 9.73. The Balaban J connectivity index is 0.000000730. The maximum atomic E-state index is 12.3. The quantitative estimate of drug-likeness (QED) is 0.714. The number of ether oxygens (including phenoxy) is 1. The van der Waals surface area contributed by atoms with Crippen molar-refractivity contribution >= 4 is 12.4 Å². The molecule has 4 atom stereocenters. The Morgan fingerprint density at radius 2 is 2.16 bits per heavy atom. The number of likely N-dealkylation sites (tertiary alicyclic amines) is 1. The number of hydrogen-bond acceptors (Lipinski definition) is 5. The van der Waals surface area contributed by atoms with Crippen LogP contribution in [0.3, 0.4) is 0 Å². The summed E-state index contributed by atoms with van der Waals surface area (Å²) in [6.45, 7) is 7.79. The minimum atomic E-state index is -0.250. The van der Waals surface area contributed by atoms with Crippen molar-refractivity contribution in [2.45, 2.75) is 44.9 Å². The van der Waals surface area contributed by atoms with Crippen molar-refractivity contribution in [2.24, 2.45) is 11.8 Å². The first-order chi connectivity index (χ1) is 15.0. The van der Waals surface area contributed by atoms with Crippen molar-refractivity contribution in [3.05, 3.63) is 59.0 Å². The van der Waals surface area contributed by atoms with Crippen LogP contribution >= 0.6 is 0 Å². The number of carbonyl (C=O) groups excluding carboxylic acids is 1. The van der Waals surface area contributed by atoms with Gasteiger partial charge in [-0.25, -0.2) is 0 Å². The van der Waals surface area contributed by atoms with Gasteiger partial charge in [0, 0.05) is 38.0 Å². The smallest absolute Gasteiger partial charge is 0.290 e. The summed E-state index contributed by atoms with van der Waals surface area (Å²) in [7, 11) is 0. The maximum Gasteiger partial charge on any atom is 0.290 e. The van der Waals surface area contributed by atoms with Crippen LogP contribution in [-0.2, 0) is 16.1 Å². The first-order valence-electron chi connectivity index (χ1n) is 10.8. The van der Waals surface area contributed by atoms with E-state index < -0.39 is 0 Å². The van der Waals surface area contributed by atoms with Gasteiger partial charge in [-0.1, -0.05) is 23.8 Å². The fourth-order valence-corrected chi connectivity index (χ4v) is 5.60. The zero-order chi connectivity index (χ0) is 22.0. The summed E-state index contributed by atoms with van der Waals surface area (Å²) in [6, 6.07) is 10.1. The summed E-state index contributed by atoms with van der Waals surface area (Å²) in [5.41, 5.74) is 4.07. The summed E-state index contributed by atoms with van der Waals surface area (Å²) in [4.78, 5) is 23.2. The molecule has 2 N–H and O–H groups in total. The Kier molecular flexibility index (Phi) is 6.16. The second-order valence-corrected chi connectivity index (χ2v) is 8.92. The Bertz CT molecular complexity index is 928. The topological polar surface area (TPSA) is 92.0 Å². The highest BCUT2D eigenvalue weighted by atomic mass is 16.5. The molecule has 2 aromatic rings. The monoisotopic (exact) mass is 426 g/mol. The molecule has 2 bridgehead atoms. The van der Waals surface area contributed by atoms with E-state index in [1.807, 2.05) is 0 Å². The molecule has 0 radical (unpaired) electrons. The lowest BCUT2D eigenvalue weighted by Gasteiger charge is -2.29. The molecular formula is C24H30N2O5. The first-order valence-corrected chi connectivity index (χ1v) is 10.8. The predicted octanol–water partition coefficient (Wildman–Crippen LogP) is 3.01. The fourth-order valence-electron chi connectivity index (χ4n) is 5.60. The van der Waals surface area contributed by atoms with E-state index in [9.17, 15) is 4.79 Å². The fraction of sp³-hybridized carbons (Fsp3) is 0.500. The Morgan fingerprint density at radius 3 is 2.90 bits per heavy atom. The number of hydrogen-bond donors (Lipinski definition) is 2. The molecule has 3 saturated heterocycles. The number of fused-ring (bicyclic) bond motifs is 1. The second kappa shape index (κ2) is 8.85. The molecule has 1 aromatic heterocycles. The van der Waals surface area contributed by atoms with Crippen LogP contribution in [0.15, 0.2) is 41.0 Å². The van der Waals surface area contributed by atoms with Crippen molar-refractivity contribution < 1.29 is 23.8 Å². The van der Waals surface area contributed by atoms with Crippen molar-refractivity contribution in [2.75, 3.05) is 19.6 Å². The first kappa shape index (κ1) is 21.6. The molecule has 0 unspecified atom stereocenters. The van der Waals surface area contributed by atoms with Crippen LogP contribution in [0, 0.1) is 25.7 Å². The van der Waals surface area contributed by atoms with E-state index in [2.05, 4.69) is 42.3 Å². The Labute approximate surface area is 182 Å². The molecule has 7 nitrogen and oxygen atoms in total. The summed E-state index contributed by atoms with van der Waals surface area (Å²) in [6.07, 6.45) is 4.07. The number of furan rings is 1. The SMILES string of the molecule is Cc1ccc(C)c(CN2C[C@@H]3[C@H](CNC(=O)c4ccco4)[C@H]4CC[C@]3(C2)O4)c1.O=CO. The zero-order valence-electron chi connectivity index (χ0n) is 18.0. The summed E-state index contributed by atoms with van der Waals surface area (Å²) < 4.78 is 11.7. The average Bonchev–Trinajstić information content (AvgIpc) is 3.50. The molecular weight excluding hydrogens is 396 g/mol. The molecule has 1 amide bonds. The second-order valence-electron chi connectivity index (χ2n) is 8.92. The van der Waals surface area contributed by atoms with E-state index in [0.29, 0.717) is 24.1 Å². The van der Waals surface area contributed by atoms with E-state index in [0.717, 1.165) is 32.5 Å². The number of nitrogens with one attached hydrogen (secondary N) is 1. The van der Waals surface area contributed by atoms with Crippen LogP contribution in [0.1, 0.15) is 40.1 Å². The Hall–Kier alpha value is -2.64. The highest BCUT2D eigenvalue weighted by molar-refractivity contribution is 5.91. The number of rotatable bonds is 5. The van der Waals surface area contributed by atoms with E-state index in [-0.39, 0.29) is 24.1 Å². The standard InChI is InChI=1S/C23H28N2O3.CH2O2/c1-15-5-6-16(2)17(10-15)12-25-13-19-18(20-7-8-23(19,14-25)28-20)11-24-22(26)21-4-3-9-27-21;2-1-3/h3-6,9-10,18-20H,7-8,11-14H2,1-2H3,(H,24,26);1H,(H,2,3)/t18-,19+,20+,23+;/m0./s1. The summed E-state index contributed by atoms with van der Waals surface area (Å²) in [5.74, 6) is 1.12. The van der Waals surface area contributed by atoms with E-state index >= 15 is 0 Å². The summed E-state index contributed by atoms with van der Waals surface area (Å²) >= 11 is 0. The Morgan fingerprint density at radius 1 is 1.35 bits per heavy atom. The number of aryl methyl sites for hydroxylation is 2. The molecule has 7 heteroatoms. The lowest BCUT2D eigenvalue weighted by Crippen LogP contribution is -2.41. The molecule has 1 aromatic carbocycles. The van der Waals surface area contributed by atoms with Gasteiger partial charge in [-0.2, -0.15) is 0 Å². The van der Waals surface area contributed by atoms with Crippen molar-refractivity contribution in [1.82, 2.24) is 10.2 Å². The van der Waals surface area contributed by atoms with Gasteiger partial charge in [0.15, 0.2) is 5.76 Å². The van der Waals surface area contributed by atoms with Crippen LogP contribution in [0.2, 0.25) is 0 Å². The van der Waals surface area contributed by atoms with Crippen LogP contribution in [0.5, 0.6) is 0 Å². The van der Waals surface area contributed by atoms with Gasteiger partial charge >= 0.3 is 0 Å². The molecule has 1 spiro atoms. The molecule has 5 rings (SSSR count).